The summed E-state index contributed by atoms with van der Waals surface area (Å²) in [6.45, 7) is 8.25. The van der Waals surface area contributed by atoms with Crippen LogP contribution in [0.1, 0.15) is 32.9 Å². The highest BCUT2D eigenvalue weighted by Gasteiger charge is 2.39. The molecule has 0 spiro atoms. The molecule has 0 unspecified atom stereocenters. The summed E-state index contributed by atoms with van der Waals surface area (Å²) in [4.78, 5) is 8.64. The van der Waals surface area contributed by atoms with E-state index in [4.69, 9.17) is 18.0 Å². The molecule has 0 aliphatic rings. The molecule has 7 heteroatoms. The topological polar surface area (TPSA) is 62.2 Å². The van der Waals surface area contributed by atoms with Crippen LogP contribution in [0, 0.1) is 0 Å². The third-order valence-corrected chi connectivity index (χ3v) is 7.01. The van der Waals surface area contributed by atoms with Crippen LogP contribution in [0.2, 0.25) is 6.04 Å². The molecule has 1 aromatic carbocycles. The van der Waals surface area contributed by atoms with Crippen molar-refractivity contribution >= 4 is 20.7 Å². The number of nitrogens with zero attached hydrogens (tertiary/aromatic N) is 2. The number of aliphatic imine (C=N–C) groups is 1. The normalized spacial score (nSPS) is 11.8. The molecular weight excluding hydrogens is 372 g/mol. The van der Waals surface area contributed by atoms with E-state index in [0.29, 0.717) is 26.4 Å². The molecule has 0 amide bonds. The fourth-order valence-electron chi connectivity index (χ4n) is 2.70. The van der Waals surface area contributed by atoms with E-state index in [-0.39, 0.29) is 0 Å². The first-order chi connectivity index (χ1) is 13.7. The molecule has 152 valence electrons. The van der Waals surface area contributed by atoms with Crippen molar-refractivity contribution in [3.05, 3.63) is 54.4 Å². The number of hydrogen-bond donors (Lipinski definition) is 0. The van der Waals surface area contributed by atoms with E-state index in [9.17, 15) is 0 Å². The van der Waals surface area contributed by atoms with Crippen LogP contribution >= 0.6 is 0 Å². The Morgan fingerprint density at radius 3 is 2.18 bits per heavy atom. The lowest BCUT2D eigenvalue weighted by molar-refractivity contribution is 0.0696. The van der Waals surface area contributed by atoms with Crippen molar-refractivity contribution in [1.29, 1.82) is 0 Å². The molecule has 0 saturated carbocycles. The van der Waals surface area contributed by atoms with Gasteiger partial charge in [0.1, 0.15) is 5.75 Å². The first kappa shape index (κ1) is 22.2. The average Bonchev–Trinajstić information content (AvgIpc) is 2.72. The zero-order valence-electron chi connectivity index (χ0n) is 17.0. The largest absolute Gasteiger partial charge is 0.501 e. The van der Waals surface area contributed by atoms with Gasteiger partial charge in [-0.05, 0) is 63.6 Å². The second-order valence-corrected chi connectivity index (χ2v) is 8.67. The Balaban J connectivity index is 1.81. The van der Waals surface area contributed by atoms with Crippen molar-refractivity contribution in [3.63, 3.8) is 0 Å². The molecule has 2 rings (SSSR count). The maximum atomic E-state index is 5.86. The Morgan fingerprint density at radius 1 is 0.929 bits per heavy atom. The van der Waals surface area contributed by atoms with E-state index in [0.717, 1.165) is 29.6 Å². The van der Waals surface area contributed by atoms with Crippen molar-refractivity contribution < 1.29 is 18.0 Å². The van der Waals surface area contributed by atoms with E-state index in [2.05, 4.69) is 9.98 Å². The van der Waals surface area contributed by atoms with Crippen LogP contribution < -0.4 is 4.74 Å². The predicted octanol–water partition coefficient (Wildman–Crippen LogP) is 4.65. The second kappa shape index (κ2) is 12.4. The maximum absolute atomic E-state index is 5.86. The lowest BCUT2D eigenvalue weighted by Gasteiger charge is -2.28. The van der Waals surface area contributed by atoms with Crippen molar-refractivity contribution in [2.24, 2.45) is 4.99 Å². The number of ether oxygens (including phenoxy) is 1. The average molecular weight is 403 g/mol. The van der Waals surface area contributed by atoms with Gasteiger partial charge in [0.05, 0.1) is 24.2 Å². The van der Waals surface area contributed by atoms with Gasteiger partial charge in [-0.25, -0.2) is 0 Å². The predicted molar refractivity (Wildman–Crippen MR) is 113 cm³/mol. The van der Waals surface area contributed by atoms with Crippen LogP contribution in [-0.2, 0) is 13.3 Å². The van der Waals surface area contributed by atoms with E-state index in [1.165, 1.54) is 0 Å². The smallest absolute Gasteiger partial charge is 0.494 e. The molecule has 1 aromatic heterocycles. The molecule has 6 nitrogen and oxygen atoms in total. The summed E-state index contributed by atoms with van der Waals surface area (Å²) in [6, 6.07) is 14.2. The third kappa shape index (κ3) is 7.51. The fourth-order valence-corrected chi connectivity index (χ4v) is 5.28. The molecule has 0 atom stereocenters. The highest BCUT2D eigenvalue weighted by Crippen LogP contribution is 2.21. The maximum Gasteiger partial charge on any atom is 0.501 e. The molecule has 0 radical (unpaired) electrons. The molecule has 28 heavy (non-hydrogen) atoms. The first-order valence-electron chi connectivity index (χ1n) is 9.81. The molecule has 0 aliphatic carbocycles. The van der Waals surface area contributed by atoms with Gasteiger partial charge in [0.2, 0.25) is 0 Å². The van der Waals surface area contributed by atoms with Gasteiger partial charge < -0.3 is 18.0 Å². The summed E-state index contributed by atoms with van der Waals surface area (Å²) >= 11 is 0. The van der Waals surface area contributed by atoms with Crippen molar-refractivity contribution in [3.8, 4) is 5.75 Å². The summed E-state index contributed by atoms with van der Waals surface area (Å²) in [7, 11) is -2.59. The quantitative estimate of drug-likeness (QED) is 0.277. The van der Waals surface area contributed by atoms with Gasteiger partial charge in [0, 0.05) is 32.1 Å². The Morgan fingerprint density at radius 2 is 1.61 bits per heavy atom. The molecule has 0 saturated heterocycles. The third-order valence-electron chi connectivity index (χ3n) is 3.86. The van der Waals surface area contributed by atoms with E-state index < -0.39 is 8.80 Å². The second-order valence-electron chi connectivity index (χ2n) is 5.94. The van der Waals surface area contributed by atoms with Crippen molar-refractivity contribution in [2.75, 3.05) is 26.4 Å². The number of benzene rings is 1. The number of aromatic nitrogens is 1. The molecule has 0 aliphatic heterocycles. The zero-order valence-corrected chi connectivity index (χ0v) is 18.0. The SMILES string of the molecule is CCO[Si](CCCOc1ccc(N=Cc2ccccn2)cc1)(OCC)OCC. The van der Waals surface area contributed by atoms with E-state index in [1.54, 1.807) is 12.4 Å². The van der Waals surface area contributed by atoms with Crippen LogP contribution in [0.25, 0.3) is 0 Å². The Bertz CT molecular complexity index is 678. The lowest BCUT2D eigenvalue weighted by atomic mass is 10.3. The highest BCUT2D eigenvalue weighted by atomic mass is 28.4. The number of rotatable bonds is 13. The standard InChI is InChI=1S/C21H30N2O4Si/c1-4-25-28(26-5-2,27-6-3)17-9-16-24-21-13-11-19(12-14-21)23-18-20-10-7-8-15-22-20/h7-8,10-15,18H,4-6,9,16-17H2,1-3H3. The van der Waals surface area contributed by atoms with Crippen LogP contribution in [0.15, 0.2) is 53.7 Å². The monoisotopic (exact) mass is 402 g/mol. The minimum atomic E-state index is -2.59. The highest BCUT2D eigenvalue weighted by molar-refractivity contribution is 6.60. The molecule has 2 aromatic rings. The van der Waals surface area contributed by atoms with Gasteiger partial charge in [-0.15, -0.1) is 0 Å². The molecule has 0 bridgehead atoms. The van der Waals surface area contributed by atoms with Crippen molar-refractivity contribution in [2.45, 2.75) is 33.2 Å². The van der Waals surface area contributed by atoms with Crippen LogP contribution in [0.5, 0.6) is 5.75 Å². The van der Waals surface area contributed by atoms with E-state index >= 15 is 0 Å². The zero-order chi connectivity index (χ0) is 20.1. The first-order valence-corrected chi connectivity index (χ1v) is 11.7. The molecule has 0 N–H and O–H groups in total. The molecular formula is C21H30N2O4Si. The van der Waals surface area contributed by atoms with Gasteiger partial charge in [-0.3, -0.25) is 9.98 Å². The van der Waals surface area contributed by atoms with Gasteiger partial charge >= 0.3 is 8.80 Å². The van der Waals surface area contributed by atoms with Gasteiger partial charge in [-0.2, -0.15) is 0 Å². The number of hydrogen-bond acceptors (Lipinski definition) is 6. The Kier molecular flexibility index (Phi) is 9.85. The summed E-state index contributed by atoms with van der Waals surface area (Å²) < 4.78 is 23.4. The molecule has 0 fully saturated rings. The summed E-state index contributed by atoms with van der Waals surface area (Å²) in [5, 5.41) is 0. The summed E-state index contributed by atoms with van der Waals surface area (Å²) in [6.07, 6.45) is 4.31. The summed E-state index contributed by atoms with van der Waals surface area (Å²) in [5.74, 6) is 0.813. The van der Waals surface area contributed by atoms with Crippen molar-refractivity contribution in [1.82, 2.24) is 4.98 Å². The Labute approximate surface area is 168 Å². The minimum Gasteiger partial charge on any atom is -0.494 e. The lowest BCUT2D eigenvalue weighted by Crippen LogP contribution is -2.46. The van der Waals surface area contributed by atoms with E-state index in [1.807, 2.05) is 63.2 Å². The van der Waals surface area contributed by atoms with Crippen LogP contribution in [0.4, 0.5) is 5.69 Å². The minimum absolute atomic E-state index is 0.582. The summed E-state index contributed by atoms with van der Waals surface area (Å²) in [5.41, 5.74) is 1.68. The van der Waals surface area contributed by atoms with Gasteiger partial charge in [0.15, 0.2) is 0 Å². The fraction of sp³-hybridized carbons (Fsp3) is 0.429. The van der Waals surface area contributed by atoms with Crippen LogP contribution in [0.3, 0.4) is 0 Å². The van der Waals surface area contributed by atoms with Gasteiger partial charge in [-0.1, -0.05) is 6.07 Å². The molecule has 1 heterocycles. The van der Waals surface area contributed by atoms with Gasteiger partial charge in [0.25, 0.3) is 0 Å². The number of pyridine rings is 1. The Hall–Kier alpha value is -2.06. The van der Waals surface area contributed by atoms with Crippen LogP contribution in [-0.4, -0.2) is 46.4 Å².